The number of hydrogen-bond acceptors (Lipinski definition) is 6. The first-order valence-electron chi connectivity index (χ1n) is 9.59. The maximum atomic E-state index is 13.0. The third-order valence-electron chi connectivity index (χ3n) is 5.23. The third kappa shape index (κ3) is 4.31. The van der Waals surface area contributed by atoms with E-state index in [0.717, 1.165) is 50.3 Å². The Hall–Kier alpha value is -2.18. The van der Waals surface area contributed by atoms with Crippen LogP contribution in [0.25, 0.3) is 0 Å². The van der Waals surface area contributed by atoms with E-state index in [1.54, 1.807) is 0 Å². The number of carbonyl (C=O) groups excluding carboxylic acids is 2. The lowest BCUT2D eigenvalue weighted by molar-refractivity contribution is -0.152. The van der Waals surface area contributed by atoms with Crippen molar-refractivity contribution in [1.29, 1.82) is 0 Å². The summed E-state index contributed by atoms with van der Waals surface area (Å²) in [6.45, 7) is 6.89. The van der Waals surface area contributed by atoms with Crippen molar-refractivity contribution in [3.05, 3.63) is 17.8 Å². The van der Waals surface area contributed by atoms with Gasteiger partial charge in [0.2, 0.25) is 5.91 Å². The molecular formula is C19H28N4O3. The van der Waals surface area contributed by atoms with Crippen LogP contribution in [-0.4, -0.2) is 59.8 Å². The number of ether oxygens (including phenoxy) is 1. The maximum Gasteiger partial charge on any atom is 0.310 e. The molecule has 7 nitrogen and oxygen atoms in total. The van der Waals surface area contributed by atoms with Crippen LogP contribution in [-0.2, 0) is 14.3 Å². The van der Waals surface area contributed by atoms with Gasteiger partial charge in [0.1, 0.15) is 0 Å². The van der Waals surface area contributed by atoms with Crippen LogP contribution in [0.3, 0.4) is 0 Å². The third-order valence-corrected chi connectivity index (χ3v) is 5.23. The van der Waals surface area contributed by atoms with Crippen LogP contribution >= 0.6 is 0 Å². The quantitative estimate of drug-likeness (QED) is 0.762. The summed E-state index contributed by atoms with van der Waals surface area (Å²) in [5.74, 6) is 0.577. The van der Waals surface area contributed by atoms with E-state index in [-0.39, 0.29) is 23.7 Å². The lowest BCUT2D eigenvalue weighted by Crippen LogP contribution is -2.49. The first-order chi connectivity index (χ1) is 12.6. The fourth-order valence-electron chi connectivity index (χ4n) is 3.84. The Morgan fingerprint density at radius 1 is 1.12 bits per heavy atom. The smallest absolute Gasteiger partial charge is 0.310 e. The second-order valence-electron chi connectivity index (χ2n) is 7.19. The number of likely N-dealkylation sites (tertiary alicyclic amines) is 1. The predicted octanol–water partition coefficient (Wildman–Crippen LogP) is 1.80. The highest BCUT2D eigenvalue weighted by molar-refractivity contribution is 5.81. The van der Waals surface area contributed by atoms with Crippen LogP contribution in [0.2, 0.25) is 0 Å². The molecule has 2 atom stereocenters. The molecule has 1 aromatic heterocycles. The summed E-state index contributed by atoms with van der Waals surface area (Å²) in [6.07, 6.45) is 3.50. The normalized spacial score (nSPS) is 23.6. The molecule has 1 amide bonds. The number of aromatic nitrogens is 2. The van der Waals surface area contributed by atoms with E-state index in [2.05, 4.69) is 15.1 Å². The van der Waals surface area contributed by atoms with E-state index in [1.807, 2.05) is 30.9 Å². The van der Waals surface area contributed by atoms with Gasteiger partial charge in [-0.15, -0.1) is 5.10 Å². The standard InChI is InChI=1S/C19H28N4O3/c1-3-26-19(25)16-7-5-11-23(13-16)18(24)15-6-4-10-22(12-15)17-9-8-14(2)20-21-17/h8-9,15-16H,3-7,10-13H2,1-2H3. The van der Waals surface area contributed by atoms with Crippen molar-refractivity contribution in [3.63, 3.8) is 0 Å². The summed E-state index contributed by atoms with van der Waals surface area (Å²) in [7, 11) is 0. The van der Waals surface area contributed by atoms with E-state index < -0.39 is 0 Å². The van der Waals surface area contributed by atoms with E-state index in [1.165, 1.54) is 0 Å². The zero-order valence-electron chi connectivity index (χ0n) is 15.7. The van der Waals surface area contributed by atoms with Gasteiger partial charge in [-0.25, -0.2) is 0 Å². The van der Waals surface area contributed by atoms with E-state index in [9.17, 15) is 9.59 Å². The molecular weight excluding hydrogens is 332 g/mol. The van der Waals surface area contributed by atoms with Crippen molar-refractivity contribution in [1.82, 2.24) is 15.1 Å². The number of piperidine rings is 2. The first kappa shape index (κ1) is 18.6. The molecule has 0 aromatic carbocycles. The molecule has 7 heteroatoms. The number of esters is 1. The van der Waals surface area contributed by atoms with Gasteiger partial charge in [-0.05, 0) is 51.7 Å². The van der Waals surface area contributed by atoms with E-state index >= 15 is 0 Å². The molecule has 0 aliphatic carbocycles. The molecule has 2 aliphatic heterocycles. The average Bonchev–Trinajstić information content (AvgIpc) is 2.68. The molecule has 0 spiro atoms. The van der Waals surface area contributed by atoms with Gasteiger partial charge in [0.15, 0.2) is 5.82 Å². The highest BCUT2D eigenvalue weighted by atomic mass is 16.5. The predicted molar refractivity (Wildman–Crippen MR) is 97.6 cm³/mol. The molecule has 26 heavy (non-hydrogen) atoms. The Bertz CT molecular complexity index is 634. The van der Waals surface area contributed by atoms with E-state index in [0.29, 0.717) is 19.7 Å². The van der Waals surface area contributed by atoms with Crippen LogP contribution in [0.4, 0.5) is 5.82 Å². The number of amides is 1. The fourth-order valence-corrected chi connectivity index (χ4v) is 3.84. The molecule has 0 saturated carbocycles. The largest absolute Gasteiger partial charge is 0.466 e. The Kier molecular flexibility index (Phi) is 6.06. The Labute approximate surface area is 154 Å². The van der Waals surface area contributed by atoms with Gasteiger partial charge in [-0.2, -0.15) is 5.10 Å². The number of carbonyl (C=O) groups is 2. The molecule has 2 fully saturated rings. The van der Waals surface area contributed by atoms with Crippen molar-refractivity contribution in [2.24, 2.45) is 11.8 Å². The maximum absolute atomic E-state index is 13.0. The van der Waals surface area contributed by atoms with Crippen LogP contribution in [0.1, 0.15) is 38.3 Å². The van der Waals surface area contributed by atoms with Gasteiger partial charge in [0.05, 0.1) is 24.1 Å². The van der Waals surface area contributed by atoms with Crippen molar-refractivity contribution in [2.45, 2.75) is 39.5 Å². The molecule has 1 aromatic rings. The summed E-state index contributed by atoms with van der Waals surface area (Å²) >= 11 is 0. The zero-order valence-corrected chi connectivity index (χ0v) is 15.7. The molecule has 0 radical (unpaired) electrons. The number of aryl methyl sites for hydroxylation is 1. The van der Waals surface area contributed by atoms with Gasteiger partial charge < -0.3 is 14.5 Å². The van der Waals surface area contributed by atoms with Gasteiger partial charge in [-0.1, -0.05) is 0 Å². The van der Waals surface area contributed by atoms with Gasteiger partial charge in [-0.3, -0.25) is 9.59 Å². The highest BCUT2D eigenvalue weighted by Gasteiger charge is 2.34. The van der Waals surface area contributed by atoms with Gasteiger partial charge in [0, 0.05) is 26.2 Å². The second kappa shape index (κ2) is 8.47. The van der Waals surface area contributed by atoms with E-state index in [4.69, 9.17) is 4.74 Å². The highest BCUT2D eigenvalue weighted by Crippen LogP contribution is 2.25. The molecule has 0 bridgehead atoms. The van der Waals surface area contributed by atoms with Crippen molar-refractivity contribution in [3.8, 4) is 0 Å². The number of rotatable bonds is 4. The van der Waals surface area contributed by atoms with Crippen LogP contribution < -0.4 is 4.90 Å². The molecule has 0 N–H and O–H groups in total. The lowest BCUT2D eigenvalue weighted by Gasteiger charge is -2.38. The van der Waals surface area contributed by atoms with Crippen molar-refractivity contribution >= 4 is 17.7 Å². The molecule has 2 saturated heterocycles. The molecule has 3 rings (SSSR count). The van der Waals surface area contributed by atoms with Crippen LogP contribution in [0, 0.1) is 18.8 Å². The van der Waals surface area contributed by atoms with Crippen LogP contribution in [0.15, 0.2) is 12.1 Å². The summed E-state index contributed by atoms with van der Waals surface area (Å²) in [6, 6.07) is 3.91. The fraction of sp³-hybridized carbons (Fsp3) is 0.684. The molecule has 2 aliphatic rings. The molecule has 2 unspecified atom stereocenters. The second-order valence-corrected chi connectivity index (χ2v) is 7.19. The first-order valence-corrected chi connectivity index (χ1v) is 9.59. The average molecular weight is 360 g/mol. The SMILES string of the molecule is CCOC(=O)C1CCCN(C(=O)C2CCCN(c3ccc(C)nn3)C2)C1. The summed E-state index contributed by atoms with van der Waals surface area (Å²) in [5, 5.41) is 8.38. The Balaban J connectivity index is 1.61. The molecule has 3 heterocycles. The Morgan fingerprint density at radius 3 is 2.62 bits per heavy atom. The number of anilines is 1. The van der Waals surface area contributed by atoms with Gasteiger partial charge in [0.25, 0.3) is 0 Å². The topological polar surface area (TPSA) is 75.6 Å². The van der Waals surface area contributed by atoms with Gasteiger partial charge >= 0.3 is 5.97 Å². The Morgan fingerprint density at radius 2 is 1.88 bits per heavy atom. The lowest BCUT2D eigenvalue weighted by atomic mass is 9.93. The minimum absolute atomic E-state index is 0.0483. The van der Waals surface area contributed by atoms with Crippen LogP contribution in [0.5, 0.6) is 0 Å². The monoisotopic (exact) mass is 360 g/mol. The zero-order chi connectivity index (χ0) is 18.5. The minimum Gasteiger partial charge on any atom is -0.466 e. The minimum atomic E-state index is -0.185. The summed E-state index contributed by atoms with van der Waals surface area (Å²) in [5.41, 5.74) is 0.886. The molecule has 142 valence electrons. The summed E-state index contributed by atoms with van der Waals surface area (Å²) < 4.78 is 5.14. The number of hydrogen-bond donors (Lipinski definition) is 0. The van der Waals surface area contributed by atoms with Crippen molar-refractivity contribution < 1.29 is 14.3 Å². The van der Waals surface area contributed by atoms with Crippen molar-refractivity contribution in [2.75, 3.05) is 37.7 Å². The summed E-state index contributed by atoms with van der Waals surface area (Å²) in [4.78, 5) is 29.1. The number of nitrogens with zero attached hydrogens (tertiary/aromatic N) is 4.